The molecule has 0 aliphatic carbocycles. The zero-order valence-electron chi connectivity index (χ0n) is 18.5. The molecule has 0 amide bonds. The van der Waals surface area contributed by atoms with Crippen LogP contribution in [-0.4, -0.2) is 74.6 Å². The Morgan fingerprint density at radius 1 is 0.879 bits per heavy atom. The van der Waals surface area contributed by atoms with Gasteiger partial charge in [0.05, 0.1) is 37.3 Å². The summed E-state index contributed by atoms with van der Waals surface area (Å²) in [6.07, 6.45) is 10.2. The van der Waals surface area contributed by atoms with Crippen molar-refractivity contribution in [1.29, 1.82) is 0 Å². The average Bonchev–Trinajstić information content (AvgIpc) is 3.58. The smallest absolute Gasteiger partial charge is 0.331 e. The first kappa shape index (κ1) is 23.6. The van der Waals surface area contributed by atoms with E-state index in [1.807, 2.05) is 0 Å². The van der Waals surface area contributed by atoms with E-state index < -0.39 is 24.0 Å². The van der Waals surface area contributed by atoms with Crippen LogP contribution in [0.5, 0.6) is 0 Å². The summed E-state index contributed by atoms with van der Waals surface area (Å²) in [6, 6.07) is 2.21. The highest BCUT2D eigenvalue weighted by molar-refractivity contribution is 5.87. The maximum absolute atomic E-state index is 12.3. The summed E-state index contributed by atoms with van der Waals surface area (Å²) in [6.45, 7) is 4.05. The molecule has 33 heavy (non-hydrogen) atoms. The molecule has 0 bridgehead atoms. The predicted molar refractivity (Wildman–Crippen MR) is 121 cm³/mol. The summed E-state index contributed by atoms with van der Waals surface area (Å²) >= 11 is 0. The topological polar surface area (TPSA) is 150 Å². The highest BCUT2D eigenvalue weighted by atomic mass is 16.5. The van der Waals surface area contributed by atoms with Crippen LogP contribution >= 0.6 is 0 Å². The van der Waals surface area contributed by atoms with Crippen molar-refractivity contribution < 1.29 is 19.1 Å². The number of H-pyrrole nitrogens is 3. The van der Waals surface area contributed by atoms with Crippen LogP contribution in [0.4, 0.5) is 0 Å². The van der Waals surface area contributed by atoms with Gasteiger partial charge in [-0.3, -0.25) is 9.98 Å². The van der Waals surface area contributed by atoms with E-state index in [1.54, 1.807) is 63.5 Å². The molecule has 0 aliphatic heterocycles. The van der Waals surface area contributed by atoms with E-state index in [0.29, 0.717) is 24.2 Å². The Kier molecular flexibility index (Phi) is 8.69. The second-order valence-electron chi connectivity index (χ2n) is 7.02. The minimum absolute atomic E-state index is 0.275. The molecule has 3 heterocycles. The SMILES string of the molecule is CCOC(=O)[C@H](Cc1cnc[nH]1)N=Cc1ccc(C=N[C@@H](Cc2cnc[nH]2)C(=O)OCC)[nH]1. The third kappa shape index (κ3) is 7.27. The number of esters is 2. The van der Waals surface area contributed by atoms with Crippen LogP contribution < -0.4 is 0 Å². The number of aromatic nitrogens is 5. The molecule has 0 saturated heterocycles. The van der Waals surface area contributed by atoms with Crippen molar-refractivity contribution in [3.8, 4) is 0 Å². The Labute approximate surface area is 190 Å². The second kappa shape index (κ2) is 12.1. The number of hydrogen-bond donors (Lipinski definition) is 3. The lowest BCUT2D eigenvalue weighted by Gasteiger charge is -2.10. The summed E-state index contributed by atoms with van der Waals surface area (Å²) in [5.41, 5.74) is 2.92. The summed E-state index contributed by atoms with van der Waals surface area (Å²) in [7, 11) is 0. The molecule has 3 N–H and O–H groups in total. The fourth-order valence-corrected chi connectivity index (χ4v) is 3.00. The lowest BCUT2D eigenvalue weighted by atomic mass is 10.2. The molecule has 3 rings (SSSR count). The van der Waals surface area contributed by atoms with Crippen molar-refractivity contribution in [3.63, 3.8) is 0 Å². The van der Waals surface area contributed by atoms with Gasteiger partial charge in [0.15, 0.2) is 12.1 Å². The van der Waals surface area contributed by atoms with Crippen molar-refractivity contribution in [2.45, 2.75) is 38.8 Å². The summed E-state index contributed by atoms with van der Waals surface area (Å²) < 4.78 is 10.3. The van der Waals surface area contributed by atoms with E-state index in [1.165, 1.54) is 0 Å². The summed E-state index contributed by atoms with van der Waals surface area (Å²) in [4.78, 5) is 50.3. The van der Waals surface area contributed by atoms with Crippen molar-refractivity contribution in [2.24, 2.45) is 9.98 Å². The van der Waals surface area contributed by atoms with Gasteiger partial charge in [-0.2, -0.15) is 0 Å². The molecule has 0 spiro atoms. The van der Waals surface area contributed by atoms with Crippen LogP contribution in [0.15, 0.2) is 47.2 Å². The molecular weight excluding hydrogens is 426 g/mol. The number of carbonyl (C=O) groups is 2. The highest BCUT2D eigenvalue weighted by Crippen LogP contribution is 2.08. The van der Waals surface area contributed by atoms with Crippen molar-refractivity contribution in [3.05, 3.63) is 60.0 Å². The number of rotatable bonds is 12. The van der Waals surface area contributed by atoms with E-state index in [-0.39, 0.29) is 13.2 Å². The van der Waals surface area contributed by atoms with Gasteiger partial charge in [0.2, 0.25) is 0 Å². The Balaban J connectivity index is 1.68. The molecular formula is C22H27N7O4. The number of nitrogens with one attached hydrogen (secondary N) is 3. The van der Waals surface area contributed by atoms with Gasteiger partial charge < -0.3 is 24.4 Å². The van der Waals surface area contributed by atoms with E-state index in [4.69, 9.17) is 9.47 Å². The molecule has 3 aromatic heterocycles. The standard InChI is InChI=1S/C22H27N7O4/c1-3-32-21(30)19(7-17-9-23-13-27-17)25-11-15-5-6-16(29-15)12-26-20(22(31)33-4-2)8-18-10-24-14-28-18/h5-6,9-14,19-20,29H,3-4,7-8H2,1-2H3,(H,23,27)(H,24,28)/t19-,20-/m0/s1. The number of imidazole rings is 2. The van der Waals surface area contributed by atoms with Crippen molar-refractivity contribution in [2.75, 3.05) is 13.2 Å². The van der Waals surface area contributed by atoms with Gasteiger partial charge in [-0.15, -0.1) is 0 Å². The Morgan fingerprint density at radius 2 is 1.33 bits per heavy atom. The maximum Gasteiger partial charge on any atom is 0.331 e. The Hall–Kier alpha value is -4.02. The van der Waals surface area contributed by atoms with Gasteiger partial charge >= 0.3 is 11.9 Å². The molecule has 0 aliphatic rings. The fourth-order valence-electron chi connectivity index (χ4n) is 3.00. The lowest BCUT2D eigenvalue weighted by molar-refractivity contribution is -0.145. The third-order valence-corrected chi connectivity index (χ3v) is 4.57. The van der Waals surface area contributed by atoms with Gasteiger partial charge in [-0.1, -0.05) is 0 Å². The number of ether oxygens (including phenoxy) is 2. The first-order valence-electron chi connectivity index (χ1n) is 10.6. The first-order valence-corrected chi connectivity index (χ1v) is 10.6. The van der Waals surface area contributed by atoms with E-state index in [0.717, 1.165) is 11.4 Å². The first-order chi connectivity index (χ1) is 16.1. The predicted octanol–water partition coefficient (Wildman–Crippen LogP) is 1.65. The molecule has 0 unspecified atom stereocenters. The molecule has 3 aromatic rings. The fraction of sp³-hybridized carbons (Fsp3) is 0.364. The third-order valence-electron chi connectivity index (χ3n) is 4.57. The number of carbonyl (C=O) groups excluding carboxylic acids is 2. The van der Waals surface area contributed by atoms with Crippen LogP contribution in [0.25, 0.3) is 0 Å². The molecule has 0 fully saturated rings. The van der Waals surface area contributed by atoms with Gasteiger partial charge in [-0.05, 0) is 26.0 Å². The normalized spacial score (nSPS) is 13.4. The quantitative estimate of drug-likeness (QED) is 0.280. The van der Waals surface area contributed by atoms with Crippen LogP contribution in [-0.2, 0) is 31.9 Å². The molecule has 11 heteroatoms. The molecule has 0 saturated carbocycles. The van der Waals surface area contributed by atoms with E-state index >= 15 is 0 Å². The number of hydrogen-bond acceptors (Lipinski definition) is 8. The zero-order valence-corrected chi connectivity index (χ0v) is 18.5. The van der Waals surface area contributed by atoms with Gasteiger partial charge in [0, 0.05) is 49.1 Å². The lowest BCUT2D eigenvalue weighted by Crippen LogP contribution is -2.24. The van der Waals surface area contributed by atoms with Gasteiger partial charge in [0.1, 0.15) is 0 Å². The molecule has 11 nitrogen and oxygen atoms in total. The Bertz CT molecular complexity index is 972. The van der Waals surface area contributed by atoms with Crippen LogP contribution in [0.1, 0.15) is 36.6 Å². The van der Waals surface area contributed by atoms with Crippen LogP contribution in [0.2, 0.25) is 0 Å². The molecule has 0 radical (unpaired) electrons. The average molecular weight is 454 g/mol. The van der Waals surface area contributed by atoms with Crippen LogP contribution in [0.3, 0.4) is 0 Å². The van der Waals surface area contributed by atoms with Crippen LogP contribution in [0, 0.1) is 0 Å². The van der Waals surface area contributed by atoms with Gasteiger partial charge in [-0.25, -0.2) is 19.6 Å². The minimum atomic E-state index is -0.701. The van der Waals surface area contributed by atoms with Crippen molar-refractivity contribution >= 4 is 24.4 Å². The monoisotopic (exact) mass is 453 g/mol. The highest BCUT2D eigenvalue weighted by Gasteiger charge is 2.20. The molecule has 174 valence electrons. The number of aromatic amines is 3. The summed E-state index contributed by atoms with van der Waals surface area (Å²) in [5.74, 6) is -0.819. The second-order valence-corrected chi connectivity index (χ2v) is 7.02. The number of nitrogens with zero attached hydrogens (tertiary/aromatic N) is 4. The minimum Gasteiger partial charge on any atom is -0.464 e. The van der Waals surface area contributed by atoms with E-state index in [2.05, 4.69) is 34.9 Å². The zero-order chi connectivity index (χ0) is 23.5. The maximum atomic E-state index is 12.3. The largest absolute Gasteiger partial charge is 0.464 e. The van der Waals surface area contributed by atoms with Crippen molar-refractivity contribution in [1.82, 2.24) is 24.9 Å². The number of aliphatic imine (C=N–C) groups is 2. The molecule has 0 aromatic carbocycles. The Morgan fingerprint density at radius 3 is 1.70 bits per heavy atom. The van der Waals surface area contributed by atoms with Gasteiger partial charge in [0.25, 0.3) is 0 Å². The molecule has 2 atom stereocenters. The summed E-state index contributed by atoms with van der Waals surface area (Å²) in [5, 5.41) is 0. The van der Waals surface area contributed by atoms with E-state index in [9.17, 15) is 9.59 Å².